The fraction of sp³-hybridized carbons (Fsp3) is 0.500. The summed E-state index contributed by atoms with van der Waals surface area (Å²) in [5.74, 6) is -0.310. The van der Waals surface area contributed by atoms with Crippen molar-refractivity contribution in [2.75, 3.05) is 13.1 Å². The molecule has 0 unspecified atom stereocenters. The number of phenols is 1. The maximum Gasteiger partial charge on any atom is 0.126 e. The van der Waals surface area contributed by atoms with Crippen molar-refractivity contribution in [1.29, 1.82) is 0 Å². The molecule has 1 aliphatic heterocycles. The number of halogens is 1. The highest BCUT2D eigenvalue weighted by Gasteiger charge is 2.12. The van der Waals surface area contributed by atoms with Crippen LogP contribution in [0.3, 0.4) is 0 Å². The number of phenolic OH excluding ortho intramolecular Hbond substituents is 1. The average Bonchev–Trinajstić information content (AvgIpc) is 2.24. The first kappa shape index (κ1) is 10.4. The van der Waals surface area contributed by atoms with Crippen LogP contribution in [0.4, 0.5) is 4.39 Å². The molecular weight excluding hydrogens is 193 g/mol. The van der Waals surface area contributed by atoms with Crippen LogP contribution in [-0.4, -0.2) is 23.1 Å². The number of nitrogens with zero attached hydrogens (tertiary/aromatic N) is 1. The molecule has 0 aliphatic carbocycles. The standard InChI is InChI=1S/C12H16FNO/c13-11-5-4-10(12(15)8-11)9-14-6-2-1-3-7-14/h4-5,8,15H,1-3,6-7,9H2. The predicted octanol–water partition coefficient (Wildman–Crippen LogP) is 2.52. The molecule has 0 saturated carbocycles. The van der Waals surface area contributed by atoms with E-state index in [9.17, 15) is 9.50 Å². The van der Waals surface area contributed by atoms with E-state index in [0.717, 1.165) is 25.2 Å². The third-order valence-electron chi connectivity index (χ3n) is 2.89. The largest absolute Gasteiger partial charge is 0.508 e. The minimum absolute atomic E-state index is 0.0700. The Morgan fingerprint density at radius 1 is 1.20 bits per heavy atom. The number of aromatic hydroxyl groups is 1. The van der Waals surface area contributed by atoms with E-state index >= 15 is 0 Å². The summed E-state index contributed by atoms with van der Waals surface area (Å²) < 4.78 is 12.8. The van der Waals surface area contributed by atoms with Crippen LogP contribution in [0.25, 0.3) is 0 Å². The van der Waals surface area contributed by atoms with Gasteiger partial charge in [-0.05, 0) is 32.0 Å². The van der Waals surface area contributed by atoms with E-state index < -0.39 is 0 Å². The second kappa shape index (κ2) is 4.62. The summed E-state index contributed by atoms with van der Waals surface area (Å²) in [6.45, 7) is 2.89. The van der Waals surface area contributed by atoms with Gasteiger partial charge in [0.15, 0.2) is 0 Å². The molecule has 1 saturated heterocycles. The summed E-state index contributed by atoms with van der Waals surface area (Å²) in [6, 6.07) is 4.25. The van der Waals surface area contributed by atoms with Gasteiger partial charge in [0, 0.05) is 18.2 Å². The van der Waals surface area contributed by atoms with E-state index in [1.807, 2.05) is 0 Å². The first-order valence-corrected chi connectivity index (χ1v) is 5.45. The molecule has 0 amide bonds. The zero-order chi connectivity index (χ0) is 10.7. The molecule has 15 heavy (non-hydrogen) atoms. The number of likely N-dealkylation sites (tertiary alicyclic amines) is 1. The van der Waals surface area contributed by atoms with E-state index in [0.29, 0.717) is 0 Å². The molecule has 0 aromatic heterocycles. The van der Waals surface area contributed by atoms with Gasteiger partial charge >= 0.3 is 0 Å². The van der Waals surface area contributed by atoms with E-state index in [1.54, 1.807) is 6.07 Å². The second-order valence-electron chi connectivity index (χ2n) is 4.11. The van der Waals surface area contributed by atoms with Crippen molar-refractivity contribution in [3.63, 3.8) is 0 Å². The van der Waals surface area contributed by atoms with Gasteiger partial charge in [0.05, 0.1) is 0 Å². The van der Waals surface area contributed by atoms with E-state index in [4.69, 9.17) is 0 Å². The first-order chi connectivity index (χ1) is 7.25. The lowest BCUT2D eigenvalue weighted by molar-refractivity contribution is 0.218. The summed E-state index contributed by atoms with van der Waals surface area (Å²) in [5.41, 5.74) is 0.818. The molecule has 0 atom stereocenters. The molecule has 1 aromatic carbocycles. The van der Waals surface area contributed by atoms with Gasteiger partial charge in [0.2, 0.25) is 0 Å². The van der Waals surface area contributed by atoms with Gasteiger partial charge in [-0.25, -0.2) is 4.39 Å². The minimum atomic E-state index is -0.380. The Labute approximate surface area is 89.3 Å². The Balaban J connectivity index is 2.03. The van der Waals surface area contributed by atoms with Crippen molar-refractivity contribution < 1.29 is 9.50 Å². The first-order valence-electron chi connectivity index (χ1n) is 5.45. The summed E-state index contributed by atoms with van der Waals surface area (Å²) in [4.78, 5) is 2.30. The van der Waals surface area contributed by atoms with Crippen molar-refractivity contribution in [1.82, 2.24) is 4.90 Å². The fourth-order valence-corrected chi connectivity index (χ4v) is 2.03. The molecule has 1 heterocycles. The Hall–Kier alpha value is -1.09. The average molecular weight is 209 g/mol. The van der Waals surface area contributed by atoms with Gasteiger partial charge in [-0.2, -0.15) is 0 Å². The lowest BCUT2D eigenvalue weighted by Crippen LogP contribution is -2.29. The molecule has 0 bridgehead atoms. The Morgan fingerprint density at radius 2 is 1.93 bits per heavy atom. The SMILES string of the molecule is Oc1cc(F)ccc1CN1CCCCC1. The highest BCUT2D eigenvalue weighted by Crippen LogP contribution is 2.21. The van der Waals surface area contributed by atoms with E-state index in [-0.39, 0.29) is 11.6 Å². The van der Waals surface area contributed by atoms with Crippen LogP contribution in [-0.2, 0) is 6.54 Å². The molecular formula is C12H16FNO. The number of hydrogen-bond donors (Lipinski definition) is 1. The molecule has 0 spiro atoms. The van der Waals surface area contributed by atoms with E-state index in [1.165, 1.54) is 31.4 Å². The molecule has 1 aliphatic rings. The molecule has 1 fully saturated rings. The zero-order valence-corrected chi connectivity index (χ0v) is 8.75. The van der Waals surface area contributed by atoms with Crippen molar-refractivity contribution in [3.05, 3.63) is 29.6 Å². The molecule has 2 nitrogen and oxygen atoms in total. The second-order valence-corrected chi connectivity index (χ2v) is 4.11. The fourth-order valence-electron chi connectivity index (χ4n) is 2.03. The van der Waals surface area contributed by atoms with Crippen LogP contribution in [0.2, 0.25) is 0 Å². The van der Waals surface area contributed by atoms with Gasteiger partial charge in [-0.1, -0.05) is 12.5 Å². The highest BCUT2D eigenvalue weighted by molar-refractivity contribution is 5.32. The van der Waals surface area contributed by atoms with Crippen LogP contribution in [0.15, 0.2) is 18.2 Å². The van der Waals surface area contributed by atoms with Crippen LogP contribution in [0, 0.1) is 5.82 Å². The molecule has 1 N–H and O–H groups in total. The molecule has 2 rings (SSSR count). The number of hydrogen-bond acceptors (Lipinski definition) is 2. The maximum absolute atomic E-state index is 12.8. The van der Waals surface area contributed by atoms with Crippen molar-refractivity contribution in [2.24, 2.45) is 0 Å². The Morgan fingerprint density at radius 3 is 2.60 bits per heavy atom. The molecule has 1 aromatic rings. The number of benzene rings is 1. The summed E-state index contributed by atoms with van der Waals surface area (Å²) in [7, 11) is 0. The van der Waals surface area contributed by atoms with Crippen LogP contribution < -0.4 is 0 Å². The van der Waals surface area contributed by atoms with Gasteiger partial charge in [-0.15, -0.1) is 0 Å². The van der Waals surface area contributed by atoms with Crippen molar-refractivity contribution in [2.45, 2.75) is 25.8 Å². The van der Waals surface area contributed by atoms with Gasteiger partial charge in [-0.3, -0.25) is 4.90 Å². The predicted molar refractivity (Wildman–Crippen MR) is 57.2 cm³/mol. The minimum Gasteiger partial charge on any atom is -0.508 e. The third-order valence-corrected chi connectivity index (χ3v) is 2.89. The van der Waals surface area contributed by atoms with Gasteiger partial charge < -0.3 is 5.11 Å². The number of rotatable bonds is 2. The summed E-state index contributed by atoms with van der Waals surface area (Å²) in [6.07, 6.45) is 3.75. The smallest absolute Gasteiger partial charge is 0.126 e. The van der Waals surface area contributed by atoms with Crippen LogP contribution in [0.1, 0.15) is 24.8 Å². The van der Waals surface area contributed by atoms with Crippen LogP contribution in [0.5, 0.6) is 5.75 Å². The Kier molecular flexibility index (Phi) is 3.21. The normalized spacial score (nSPS) is 17.9. The van der Waals surface area contributed by atoms with Gasteiger partial charge in [0.25, 0.3) is 0 Å². The molecule has 0 radical (unpaired) electrons. The van der Waals surface area contributed by atoms with E-state index in [2.05, 4.69) is 4.90 Å². The van der Waals surface area contributed by atoms with Gasteiger partial charge in [0.1, 0.15) is 11.6 Å². The summed E-state index contributed by atoms with van der Waals surface area (Å²) >= 11 is 0. The molecule has 82 valence electrons. The third kappa shape index (κ3) is 2.69. The van der Waals surface area contributed by atoms with Crippen LogP contribution >= 0.6 is 0 Å². The van der Waals surface area contributed by atoms with Crippen molar-refractivity contribution in [3.8, 4) is 5.75 Å². The summed E-state index contributed by atoms with van der Waals surface area (Å²) in [5, 5.41) is 9.56. The lowest BCUT2D eigenvalue weighted by Gasteiger charge is -2.26. The maximum atomic E-state index is 12.8. The van der Waals surface area contributed by atoms with Crippen molar-refractivity contribution >= 4 is 0 Å². The topological polar surface area (TPSA) is 23.5 Å². The monoisotopic (exact) mass is 209 g/mol. The zero-order valence-electron chi connectivity index (χ0n) is 8.75. The Bertz CT molecular complexity index is 334. The molecule has 3 heteroatoms. The lowest BCUT2D eigenvalue weighted by atomic mass is 10.1. The highest BCUT2D eigenvalue weighted by atomic mass is 19.1. The quantitative estimate of drug-likeness (QED) is 0.809. The number of piperidine rings is 1.